The summed E-state index contributed by atoms with van der Waals surface area (Å²) in [7, 11) is 0. The average molecular weight is 390 g/mol. The number of benzene rings is 2. The van der Waals surface area contributed by atoms with Crippen LogP contribution in [0.25, 0.3) is 0 Å². The van der Waals surface area contributed by atoms with Crippen molar-refractivity contribution in [3.63, 3.8) is 0 Å². The minimum Gasteiger partial charge on any atom is -0.320 e. The number of hydrogen-bond acceptors (Lipinski definition) is 1. The molecule has 0 spiro atoms. The van der Waals surface area contributed by atoms with Gasteiger partial charge in [-0.3, -0.25) is 0 Å². The lowest BCUT2D eigenvalue weighted by Gasteiger charge is -2.16. The van der Waals surface area contributed by atoms with Crippen molar-refractivity contribution in [3.8, 4) is 0 Å². The van der Waals surface area contributed by atoms with Gasteiger partial charge in [-0.2, -0.15) is 0 Å². The quantitative estimate of drug-likeness (QED) is 0.737. The summed E-state index contributed by atoms with van der Waals surface area (Å²) in [4.78, 5) is 0. The normalized spacial score (nSPS) is 12.5. The van der Waals surface area contributed by atoms with E-state index in [-0.39, 0.29) is 11.9 Å². The monoisotopic (exact) mass is 389 g/mol. The van der Waals surface area contributed by atoms with Gasteiger partial charge in [-0.25, -0.2) is 4.39 Å². The fraction of sp³-hybridized carbons (Fsp3) is 0.200. The second-order valence-corrected chi connectivity index (χ2v) is 6.21. The second-order valence-electron chi connectivity index (χ2n) is 4.61. The van der Waals surface area contributed by atoms with Crippen LogP contribution in [0.5, 0.6) is 0 Å². The van der Waals surface area contributed by atoms with Crippen molar-refractivity contribution in [1.29, 1.82) is 0 Å². The van der Waals surface area contributed by atoms with E-state index >= 15 is 0 Å². The minimum atomic E-state index is -0.302. The van der Waals surface area contributed by atoms with E-state index in [1.54, 1.807) is 26.0 Å². The predicted octanol–water partition coefficient (Wildman–Crippen LogP) is 4.75. The maximum Gasteiger partial charge on any atom is 0.129 e. The summed E-state index contributed by atoms with van der Waals surface area (Å²) in [6.45, 7) is 3.50. The van der Waals surface area contributed by atoms with Gasteiger partial charge in [0.05, 0.1) is 6.04 Å². The zero-order valence-electron chi connectivity index (χ0n) is 10.7. The van der Waals surface area contributed by atoms with Crippen LogP contribution in [0.4, 0.5) is 4.39 Å². The van der Waals surface area contributed by atoms with Crippen LogP contribution in [-0.2, 0) is 0 Å². The van der Waals surface area contributed by atoms with Gasteiger partial charge in [-0.1, -0.05) is 23.7 Å². The number of hydrogen-bond donors (Lipinski definition) is 1. The van der Waals surface area contributed by atoms with Crippen molar-refractivity contribution in [2.75, 3.05) is 0 Å². The molecule has 0 aliphatic carbocycles. The molecule has 2 aromatic carbocycles. The topological polar surface area (TPSA) is 26.0 Å². The highest BCUT2D eigenvalue weighted by atomic mass is 127. The average Bonchev–Trinajstić information content (AvgIpc) is 2.37. The summed E-state index contributed by atoms with van der Waals surface area (Å²) in [5.74, 6) is -0.170. The third kappa shape index (κ3) is 3.09. The summed E-state index contributed by atoms with van der Waals surface area (Å²) >= 11 is 8.25. The molecule has 0 aromatic heterocycles. The lowest BCUT2D eigenvalue weighted by atomic mass is 9.96. The summed E-state index contributed by atoms with van der Waals surface area (Å²) in [5, 5.41) is 0.654. The first-order valence-corrected chi connectivity index (χ1v) is 7.33. The first kappa shape index (κ1) is 14.8. The van der Waals surface area contributed by atoms with E-state index in [4.69, 9.17) is 17.3 Å². The van der Waals surface area contributed by atoms with Crippen molar-refractivity contribution in [1.82, 2.24) is 0 Å². The summed E-state index contributed by atoms with van der Waals surface area (Å²) in [6.07, 6.45) is 0. The fourth-order valence-corrected chi connectivity index (χ4v) is 2.94. The van der Waals surface area contributed by atoms with Crippen LogP contribution in [0.1, 0.15) is 28.3 Å². The molecule has 0 heterocycles. The number of nitrogens with two attached hydrogens (primary N) is 1. The van der Waals surface area contributed by atoms with Crippen molar-refractivity contribution < 1.29 is 4.39 Å². The van der Waals surface area contributed by atoms with Gasteiger partial charge in [0.1, 0.15) is 5.82 Å². The van der Waals surface area contributed by atoms with Gasteiger partial charge in [0.15, 0.2) is 0 Å². The highest BCUT2D eigenvalue weighted by Crippen LogP contribution is 2.28. The van der Waals surface area contributed by atoms with Gasteiger partial charge in [-0.15, -0.1) is 0 Å². The summed E-state index contributed by atoms with van der Waals surface area (Å²) in [5.41, 5.74) is 9.37. The van der Waals surface area contributed by atoms with Crippen molar-refractivity contribution in [3.05, 3.63) is 67.0 Å². The van der Waals surface area contributed by atoms with Crippen LogP contribution in [0, 0.1) is 23.2 Å². The SMILES string of the molecule is Cc1cc(C(N)c2cc(Cl)ccc2I)cc(C)c1F. The number of aryl methyl sites for hydroxylation is 2. The third-order valence-electron chi connectivity index (χ3n) is 3.11. The molecule has 2 rings (SSSR count). The van der Waals surface area contributed by atoms with Gasteiger partial charge in [0.25, 0.3) is 0 Å². The molecule has 0 fully saturated rings. The van der Waals surface area contributed by atoms with E-state index in [1.165, 1.54) is 0 Å². The Morgan fingerprint density at radius 2 is 1.74 bits per heavy atom. The highest BCUT2D eigenvalue weighted by Gasteiger charge is 2.15. The van der Waals surface area contributed by atoms with Gasteiger partial charge < -0.3 is 5.73 Å². The van der Waals surface area contributed by atoms with Gasteiger partial charge in [0.2, 0.25) is 0 Å². The van der Waals surface area contributed by atoms with Gasteiger partial charge >= 0.3 is 0 Å². The van der Waals surface area contributed by atoms with Crippen LogP contribution in [0.3, 0.4) is 0 Å². The number of rotatable bonds is 2. The molecule has 0 bridgehead atoms. The van der Waals surface area contributed by atoms with Gasteiger partial charge in [0, 0.05) is 8.59 Å². The fourth-order valence-electron chi connectivity index (χ4n) is 2.09. The predicted molar refractivity (Wildman–Crippen MR) is 86.1 cm³/mol. The zero-order valence-corrected chi connectivity index (χ0v) is 13.6. The Balaban J connectivity index is 2.49. The zero-order chi connectivity index (χ0) is 14.2. The molecule has 0 saturated heterocycles. The summed E-state index contributed by atoms with van der Waals surface area (Å²) < 4.78 is 14.7. The van der Waals surface area contributed by atoms with Crippen molar-refractivity contribution in [2.45, 2.75) is 19.9 Å². The Morgan fingerprint density at radius 3 is 2.32 bits per heavy atom. The molecule has 0 amide bonds. The molecule has 100 valence electrons. The minimum absolute atomic E-state index is 0.170. The Hall–Kier alpha value is -0.650. The van der Waals surface area contributed by atoms with Crippen LogP contribution < -0.4 is 5.73 Å². The molecule has 1 nitrogen and oxygen atoms in total. The molecular weight excluding hydrogens is 376 g/mol. The first-order chi connectivity index (χ1) is 8.90. The molecule has 0 aliphatic rings. The van der Waals surface area contributed by atoms with Crippen LogP contribution >= 0.6 is 34.2 Å². The molecule has 0 radical (unpaired) electrons. The van der Waals surface area contributed by atoms with Crippen LogP contribution in [0.15, 0.2) is 30.3 Å². The largest absolute Gasteiger partial charge is 0.320 e. The maximum atomic E-state index is 13.7. The maximum absolute atomic E-state index is 13.7. The van der Waals surface area contributed by atoms with E-state index in [9.17, 15) is 4.39 Å². The van der Waals surface area contributed by atoms with E-state index in [0.717, 1.165) is 14.7 Å². The third-order valence-corrected chi connectivity index (χ3v) is 4.33. The molecule has 0 saturated carbocycles. The Kier molecular flexibility index (Phi) is 4.48. The standard InChI is InChI=1S/C15H14ClFIN/c1-8-5-10(6-9(2)14(8)17)15(19)12-7-11(16)3-4-13(12)18/h3-7,15H,19H2,1-2H3. The Morgan fingerprint density at radius 1 is 1.16 bits per heavy atom. The molecule has 19 heavy (non-hydrogen) atoms. The molecule has 1 unspecified atom stereocenters. The lowest BCUT2D eigenvalue weighted by Crippen LogP contribution is -2.14. The Labute approximate surface area is 131 Å². The van der Waals surface area contributed by atoms with Crippen LogP contribution in [0.2, 0.25) is 5.02 Å². The molecule has 4 heteroatoms. The van der Waals surface area contributed by atoms with E-state index in [2.05, 4.69) is 22.6 Å². The van der Waals surface area contributed by atoms with Crippen molar-refractivity contribution in [2.24, 2.45) is 5.73 Å². The second kappa shape index (κ2) is 5.77. The van der Waals surface area contributed by atoms with Crippen LogP contribution in [-0.4, -0.2) is 0 Å². The lowest BCUT2D eigenvalue weighted by molar-refractivity contribution is 0.607. The highest BCUT2D eigenvalue weighted by molar-refractivity contribution is 14.1. The smallest absolute Gasteiger partial charge is 0.129 e. The van der Waals surface area contributed by atoms with Crippen molar-refractivity contribution >= 4 is 34.2 Å². The van der Waals surface area contributed by atoms with E-state index in [1.807, 2.05) is 18.2 Å². The number of halogens is 3. The molecule has 1 atom stereocenters. The summed E-state index contributed by atoms with van der Waals surface area (Å²) in [6, 6.07) is 8.92. The van der Waals surface area contributed by atoms with Gasteiger partial charge in [-0.05, 0) is 76.9 Å². The molecule has 0 aliphatic heterocycles. The first-order valence-electron chi connectivity index (χ1n) is 5.87. The molecular formula is C15H14ClFIN. The molecule has 2 N–H and O–H groups in total. The van der Waals surface area contributed by atoms with E-state index < -0.39 is 0 Å². The Bertz CT molecular complexity index is 605. The molecule has 2 aromatic rings. The van der Waals surface area contributed by atoms with E-state index in [0.29, 0.717) is 16.1 Å².